The molecule has 0 bridgehead atoms. The number of anilines is 2. The number of nitrogens with zero attached hydrogens (tertiary/aromatic N) is 5. The standard InChI is InChI=1S/C22H25F3N6O3/c1-12-9-31-18(11-29(12)22(34)27-13-5-15(23)21(25)16(24)6-13)17(8-26-31)30-10-14(7-20(30)33)28-4-2-3-19(28)32/h5-6,8,12,14,22,27,34H,2-4,7,9-11H2,1H3/t12-,14?,22?/m0/s1. The lowest BCUT2D eigenvalue weighted by molar-refractivity contribution is -0.129. The quantitative estimate of drug-likeness (QED) is 0.501. The van der Waals surface area contributed by atoms with E-state index in [4.69, 9.17) is 0 Å². The number of halogens is 3. The first-order valence-corrected chi connectivity index (χ1v) is 11.2. The lowest BCUT2D eigenvalue weighted by Gasteiger charge is -2.38. The Morgan fingerprint density at radius 2 is 1.88 bits per heavy atom. The van der Waals surface area contributed by atoms with Crippen molar-refractivity contribution in [2.45, 2.75) is 57.7 Å². The minimum Gasteiger partial charge on any atom is -0.361 e. The highest BCUT2D eigenvalue weighted by atomic mass is 19.2. The molecule has 3 aliphatic rings. The molecule has 34 heavy (non-hydrogen) atoms. The predicted molar refractivity (Wildman–Crippen MR) is 115 cm³/mol. The second-order valence-electron chi connectivity index (χ2n) is 9.00. The molecule has 2 fully saturated rings. The first-order chi connectivity index (χ1) is 16.2. The summed E-state index contributed by atoms with van der Waals surface area (Å²) in [6, 6.07) is 1.16. The van der Waals surface area contributed by atoms with Crippen molar-refractivity contribution in [3.05, 3.63) is 41.5 Å². The van der Waals surface area contributed by atoms with Gasteiger partial charge in [0.05, 0.1) is 30.2 Å². The molecule has 2 unspecified atom stereocenters. The number of likely N-dealkylation sites (tertiary alicyclic amines) is 1. The van der Waals surface area contributed by atoms with Crippen LogP contribution in [-0.4, -0.2) is 68.0 Å². The number of hydrogen-bond donors (Lipinski definition) is 2. The first kappa shape index (κ1) is 22.7. The summed E-state index contributed by atoms with van der Waals surface area (Å²) in [4.78, 5) is 30.0. The van der Waals surface area contributed by atoms with E-state index in [-0.39, 0.29) is 42.6 Å². The maximum atomic E-state index is 13.6. The lowest BCUT2D eigenvalue weighted by atomic mass is 10.2. The minimum atomic E-state index is -1.58. The molecule has 2 N–H and O–H groups in total. The molecule has 0 spiro atoms. The number of carbonyl (C=O) groups is 2. The van der Waals surface area contributed by atoms with E-state index in [1.54, 1.807) is 25.6 Å². The number of hydrogen-bond acceptors (Lipinski definition) is 6. The highest BCUT2D eigenvalue weighted by Crippen LogP contribution is 2.33. The number of nitrogens with one attached hydrogen (secondary N) is 1. The largest absolute Gasteiger partial charge is 0.361 e. The molecule has 2 aromatic rings. The van der Waals surface area contributed by atoms with Gasteiger partial charge in [-0.15, -0.1) is 0 Å². The molecule has 0 radical (unpaired) electrons. The van der Waals surface area contributed by atoms with Crippen LogP contribution in [0.1, 0.15) is 31.9 Å². The zero-order chi connectivity index (χ0) is 24.1. The van der Waals surface area contributed by atoms with E-state index in [2.05, 4.69) is 10.4 Å². The summed E-state index contributed by atoms with van der Waals surface area (Å²) in [6.45, 7) is 3.51. The van der Waals surface area contributed by atoms with Crippen LogP contribution >= 0.6 is 0 Å². The molecular weight excluding hydrogens is 453 g/mol. The van der Waals surface area contributed by atoms with Gasteiger partial charge in [0.1, 0.15) is 0 Å². The van der Waals surface area contributed by atoms with Crippen LogP contribution in [0.5, 0.6) is 0 Å². The lowest BCUT2D eigenvalue weighted by Crippen LogP contribution is -2.50. The molecule has 0 saturated carbocycles. The second-order valence-corrected chi connectivity index (χ2v) is 9.00. The third-order valence-corrected chi connectivity index (χ3v) is 6.80. The molecular formula is C22H25F3N6O3. The zero-order valence-electron chi connectivity index (χ0n) is 18.5. The first-order valence-electron chi connectivity index (χ1n) is 11.2. The Morgan fingerprint density at radius 3 is 2.56 bits per heavy atom. The van der Waals surface area contributed by atoms with E-state index in [0.717, 1.165) is 18.6 Å². The smallest absolute Gasteiger partial charge is 0.229 e. The molecule has 3 aliphatic heterocycles. The number of amides is 2. The normalized spacial score (nSPS) is 24.1. The molecule has 3 atom stereocenters. The molecule has 0 aliphatic carbocycles. The fourth-order valence-electron chi connectivity index (χ4n) is 5.01. The predicted octanol–water partition coefficient (Wildman–Crippen LogP) is 1.62. The fourth-order valence-corrected chi connectivity index (χ4v) is 5.01. The molecule has 5 rings (SSSR count). The van der Waals surface area contributed by atoms with Crippen molar-refractivity contribution < 1.29 is 27.9 Å². The molecule has 4 heterocycles. The van der Waals surface area contributed by atoms with E-state index in [1.807, 2.05) is 6.92 Å². The van der Waals surface area contributed by atoms with Gasteiger partial charge in [0.25, 0.3) is 0 Å². The maximum absolute atomic E-state index is 13.6. The molecule has 1 aromatic carbocycles. The van der Waals surface area contributed by atoms with Crippen LogP contribution in [0.3, 0.4) is 0 Å². The molecule has 182 valence electrons. The van der Waals surface area contributed by atoms with E-state index in [9.17, 15) is 27.9 Å². The maximum Gasteiger partial charge on any atom is 0.229 e. The summed E-state index contributed by atoms with van der Waals surface area (Å²) in [7, 11) is 0. The van der Waals surface area contributed by atoms with Gasteiger partial charge < -0.3 is 20.2 Å². The van der Waals surface area contributed by atoms with E-state index in [0.29, 0.717) is 37.4 Å². The van der Waals surface area contributed by atoms with Crippen molar-refractivity contribution in [2.75, 3.05) is 23.3 Å². The van der Waals surface area contributed by atoms with E-state index >= 15 is 0 Å². The summed E-state index contributed by atoms with van der Waals surface area (Å²) in [5, 5.41) is 17.8. The number of fused-ring (bicyclic) bond motifs is 1. The Labute approximate surface area is 193 Å². The van der Waals surface area contributed by atoms with Gasteiger partial charge in [-0.25, -0.2) is 13.2 Å². The zero-order valence-corrected chi connectivity index (χ0v) is 18.5. The second kappa shape index (κ2) is 8.58. The van der Waals surface area contributed by atoms with Crippen LogP contribution in [0.4, 0.5) is 24.5 Å². The van der Waals surface area contributed by atoms with Crippen LogP contribution in [0.2, 0.25) is 0 Å². The van der Waals surface area contributed by atoms with Gasteiger partial charge in [0.15, 0.2) is 23.8 Å². The van der Waals surface area contributed by atoms with Gasteiger partial charge in [0.2, 0.25) is 11.8 Å². The summed E-state index contributed by atoms with van der Waals surface area (Å²) < 4.78 is 42.2. The topological polar surface area (TPSA) is 93.9 Å². The number of aliphatic hydroxyl groups is 1. The van der Waals surface area contributed by atoms with Crippen LogP contribution in [0.25, 0.3) is 0 Å². The minimum absolute atomic E-state index is 0.0690. The Balaban J connectivity index is 1.34. The van der Waals surface area contributed by atoms with Crippen molar-refractivity contribution in [3.8, 4) is 0 Å². The van der Waals surface area contributed by atoms with Gasteiger partial charge in [-0.05, 0) is 13.3 Å². The fraction of sp³-hybridized carbons (Fsp3) is 0.500. The molecule has 12 heteroatoms. The molecule has 2 amide bonds. The number of aromatic nitrogens is 2. The van der Waals surface area contributed by atoms with Gasteiger partial charge in [-0.2, -0.15) is 5.10 Å². The molecule has 2 saturated heterocycles. The number of rotatable bonds is 5. The highest BCUT2D eigenvalue weighted by molar-refractivity contribution is 5.97. The highest BCUT2D eigenvalue weighted by Gasteiger charge is 2.40. The Hall–Kier alpha value is -3.12. The number of aliphatic hydroxyl groups excluding tert-OH is 1. The Bertz CT molecular complexity index is 1120. The summed E-state index contributed by atoms with van der Waals surface area (Å²) in [5.74, 6) is -4.33. The average Bonchev–Trinajstić information content (AvgIpc) is 3.49. The summed E-state index contributed by atoms with van der Waals surface area (Å²) in [6.07, 6.45) is 1.84. The summed E-state index contributed by atoms with van der Waals surface area (Å²) >= 11 is 0. The van der Waals surface area contributed by atoms with E-state index in [1.165, 1.54) is 0 Å². The Kier molecular flexibility index (Phi) is 5.72. The third-order valence-electron chi connectivity index (χ3n) is 6.80. The van der Waals surface area contributed by atoms with Crippen molar-refractivity contribution in [1.82, 2.24) is 19.6 Å². The number of carbonyl (C=O) groups excluding carboxylic acids is 2. The number of benzene rings is 1. The molecule has 1 aromatic heterocycles. The molecule has 9 nitrogen and oxygen atoms in total. The SMILES string of the molecule is C[C@H]1Cn2ncc(N3CC(N4CCCC4=O)CC3=O)c2CN1C(O)Nc1cc(F)c(F)c(F)c1. The third kappa shape index (κ3) is 3.90. The van der Waals surface area contributed by atoms with Crippen LogP contribution in [0.15, 0.2) is 18.3 Å². The van der Waals surface area contributed by atoms with Crippen LogP contribution < -0.4 is 10.2 Å². The van der Waals surface area contributed by atoms with Gasteiger partial charge in [-0.1, -0.05) is 0 Å². The summed E-state index contributed by atoms with van der Waals surface area (Å²) in [5.41, 5.74) is 1.21. The average molecular weight is 478 g/mol. The van der Waals surface area contributed by atoms with Crippen molar-refractivity contribution in [2.24, 2.45) is 0 Å². The van der Waals surface area contributed by atoms with Crippen molar-refractivity contribution >= 4 is 23.2 Å². The Morgan fingerprint density at radius 1 is 1.15 bits per heavy atom. The van der Waals surface area contributed by atoms with Crippen molar-refractivity contribution in [3.63, 3.8) is 0 Å². The monoisotopic (exact) mass is 478 g/mol. The van der Waals surface area contributed by atoms with Crippen molar-refractivity contribution in [1.29, 1.82) is 0 Å². The van der Waals surface area contributed by atoms with Gasteiger partial charge >= 0.3 is 0 Å². The van der Waals surface area contributed by atoms with Gasteiger partial charge in [0, 0.05) is 56.3 Å². The van der Waals surface area contributed by atoms with Crippen LogP contribution in [-0.2, 0) is 22.7 Å². The van der Waals surface area contributed by atoms with E-state index < -0.39 is 23.8 Å². The van der Waals surface area contributed by atoms with Crippen LogP contribution in [0, 0.1) is 17.5 Å². The van der Waals surface area contributed by atoms with Gasteiger partial charge in [-0.3, -0.25) is 19.2 Å².